The number of hydrogen-bond donors (Lipinski definition) is 4. The lowest BCUT2D eigenvalue weighted by Crippen LogP contribution is -2.60. The van der Waals surface area contributed by atoms with Gasteiger partial charge in [0.1, 0.15) is 12.1 Å². The summed E-state index contributed by atoms with van der Waals surface area (Å²) in [7, 11) is 0. The molecular formula is C32H51N5O6. The Balaban J connectivity index is 1.56. The van der Waals surface area contributed by atoms with Crippen LogP contribution in [-0.4, -0.2) is 70.9 Å². The smallest absolute Gasteiger partial charge is 0.316 e. The van der Waals surface area contributed by atoms with Crippen molar-refractivity contribution in [2.45, 2.75) is 129 Å². The van der Waals surface area contributed by atoms with E-state index in [1.165, 1.54) is 0 Å². The molecule has 5 N–H and O–H groups in total. The normalized spacial score (nSPS) is 30.7. The van der Waals surface area contributed by atoms with Gasteiger partial charge in [-0.25, -0.2) is 4.79 Å². The zero-order valence-corrected chi connectivity index (χ0v) is 26.5. The maximum Gasteiger partial charge on any atom is 0.316 e. The molecule has 5 amide bonds. The largest absolute Gasteiger partial charge is 0.363 e. The van der Waals surface area contributed by atoms with Crippen LogP contribution in [0, 0.1) is 28.6 Å². The topological polar surface area (TPSA) is 168 Å². The average molecular weight is 602 g/mol. The Hall–Kier alpha value is -2.98. The van der Waals surface area contributed by atoms with Crippen LogP contribution in [0.2, 0.25) is 0 Å². The minimum Gasteiger partial charge on any atom is -0.363 e. The van der Waals surface area contributed by atoms with E-state index in [2.05, 4.69) is 29.8 Å². The van der Waals surface area contributed by atoms with Crippen LogP contribution in [0.25, 0.3) is 0 Å². The Morgan fingerprint density at radius 1 is 0.930 bits per heavy atom. The van der Waals surface area contributed by atoms with E-state index in [0.717, 1.165) is 51.4 Å². The van der Waals surface area contributed by atoms with E-state index >= 15 is 0 Å². The summed E-state index contributed by atoms with van der Waals surface area (Å²) >= 11 is 0. The van der Waals surface area contributed by atoms with Crippen molar-refractivity contribution in [1.82, 2.24) is 20.9 Å². The highest BCUT2D eigenvalue weighted by Gasteiger charge is 2.69. The first kappa shape index (κ1) is 32.9. The van der Waals surface area contributed by atoms with E-state index in [-0.39, 0.29) is 34.9 Å². The van der Waals surface area contributed by atoms with Crippen molar-refractivity contribution in [3.8, 4) is 0 Å². The van der Waals surface area contributed by atoms with Gasteiger partial charge in [-0.05, 0) is 48.3 Å². The van der Waals surface area contributed by atoms with Gasteiger partial charge in [0.25, 0.3) is 5.91 Å². The number of piperidine rings is 1. The van der Waals surface area contributed by atoms with Crippen molar-refractivity contribution in [1.29, 1.82) is 0 Å². The molecule has 11 heteroatoms. The number of carbonyl (C=O) groups is 6. The number of rotatable bonds is 6. The number of carbonyl (C=O) groups excluding carboxylic acids is 6. The van der Waals surface area contributed by atoms with Gasteiger partial charge in [-0.2, -0.15) is 0 Å². The summed E-state index contributed by atoms with van der Waals surface area (Å²) in [6.07, 6.45) is 8.46. The second-order valence-corrected chi connectivity index (χ2v) is 14.9. The molecule has 0 spiro atoms. The zero-order valence-electron chi connectivity index (χ0n) is 26.5. The minimum atomic E-state index is -1.09. The van der Waals surface area contributed by atoms with Crippen LogP contribution >= 0.6 is 0 Å². The Labute approximate surface area is 255 Å². The zero-order chi connectivity index (χ0) is 31.7. The van der Waals surface area contributed by atoms with Crippen molar-refractivity contribution >= 4 is 35.3 Å². The molecule has 4 rings (SSSR count). The highest BCUT2D eigenvalue weighted by atomic mass is 16.2. The number of nitrogens with zero attached hydrogens (tertiary/aromatic N) is 1. The molecule has 240 valence electrons. The standard InChI is InChI=1S/C32H51N5O6/c1-31(2,3)26(24(38)18-15-16-18)36-30(43)35-21-14-12-10-8-6-7-9-11-13-20(25(39)27(33)40)34-28(41)23-22-19(32(22,4)5)17-37(23)29(21)42/h18-23,26H,6-17H2,1-5H3,(H2,33,40)(H,34,41)(H2,35,36,43)/t19-,20-,21-,22-,23-,26+/m0/s1. The van der Waals surface area contributed by atoms with E-state index in [9.17, 15) is 28.8 Å². The lowest BCUT2D eigenvalue weighted by Gasteiger charge is -2.35. The van der Waals surface area contributed by atoms with Gasteiger partial charge in [-0.3, -0.25) is 24.0 Å². The first-order valence-corrected chi connectivity index (χ1v) is 16.2. The number of primary amides is 1. The Bertz CT molecular complexity index is 1130. The molecular weight excluding hydrogens is 550 g/mol. The van der Waals surface area contributed by atoms with E-state index in [1.807, 2.05) is 20.8 Å². The van der Waals surface area contributed by atoms with E-state index < -0.39 is 53.2 Å². The van der Waals surface area contributed by atoms with Crippen LogP contribution in [0.4, 0.5) is 4.79 Å². The fourth-order valence-electron chi connectivity index (χ4n) is 7.20. The molecule has 0 radical (unpaired) electrons. The van der Waals surface area contributed by atoms with Gasteiger partial charge in [0, 0.05) is 12.5 Å². The summed E-state index contributed by atoms with van der Waals surface area (Å²) < 4.78 is 0. The number of urea groups is 1. The predicted octanol–water partition coefficient (Wildman–Crippen LogP) is 2.59. The third-order valence-electron chi connectivity index (χ3n) is 10.1. The molecule has 2 aliphatic heterocycles. The fraction of sp³-hybridized carbons (Fsp3) is 0.812. The summed E-state index contributed by atoms with van der Waals surface area (Å²) in [6.45, 7) is 10.2. The molecule has 2 saturated carbocycles. The number of nitrogens with one attached hydrogen (secondary N) is 3. The molecule has 11 nitrogen and oxygen atoms in total. The van der Waals surface area contributed by atoms with E-state index in [4.69, 9.17) is 5.73 Å². The maximum atomic E-state index is 14.1. The van der Waals surface area contributed by atoms with Gasteiger partial charge in [-0.1, -0.05) is 79.6 Å². The fourth-order valence-corrected chi connectivity index (χ4v) is 7.20. The predicted molar refractivity (Wildman–Crippen MR) is 160 cm³/mol. The highest BCUT2D eigenvalue weighted by Crippen LogP contribution is 2.65. The lowest BCUT2D eigenvalue weighted by atomic mass is 9.83. The molecule has 4 fully saturated rings. The summed E-state index contributed by atoms with van der Waals surface area (Å²) in [4.78, 5) is 80.2. The number of amides is 5. The van der Waals surface area contributed by atoms with Gasteiger partial charge in [0.2, 0.25) is 17.6 Å². The second kappa shape index (κ2) is 12.9. The van der Waals surface area contributed by atoms with Crippen LogP contribution in [0.3, 0.4) is 0 Å². The highest BCUT2D eigenvalue weighted by molar-refractivity contribution is 6.37. The molecule has 43 heavy (non-hydrogen) atoms. The van der Waals surface area contributed by atoms with E-state index in [0.29, 0.717) is 25.8 Å². The van der Waals surface area contributed by atoms with Gasteiger partial charge in [0.05, 0.1) is 12.1 Å². The van der Waals surface area contributed by atoms with Gasteiger partial charge < -0.3 is 26.6 Å². The average Bonchev–Trinajstić information content (AvgIpc) is 3.80. The Morgan fingerprint density at radius 3 is 2.07 bits per heavy atom. The van der Waals surface area contributed by atoms with Crippen molar-refractivity contribution in [2.24, 2.45) is 34.3 Å². The summed E-state index contributed by atoms with van der Waals surface area (Å²) in [5, 5.41) is 8.50. The number of ketones is 2. The van der Waals surface area contributed by atoms with Crippen molar-refractivity contribution in [3.63, 3.8) is 0 Å². The van der Waals surface area contributed by atoms with Crippen molar-refractivity contribution < 1.29 is 28.8 Å². The minimum absolute atomic E-state index is 0.0191. The first-order valence-electron chi connectivity index (χ1n) is 16.2. The molecule has 2 saturated heterocycles. The number of hydrogen-bond acceptors (Lipinski definition) is 6. The summed E-state index contributed by atoms with van der Waals surface area (Å²) in [5.41, 5.74) is 4.66. The van der Waals surface area contributed by atoms with Crippen LogP contribution < -0.4 is 21.7 Å². The number of nitrogens with two attached hydrogens (primary N) is 1. The van der Waals surface area contributed by atoms with Crippen LogP contribution in [0.15, 0.2) is 0 Å². The molecule has 0 aromatic carbocycles. The third kappa shape index (κ3) is 7.58. The van der Waals surface area contributed by atoms with Crippen LogP contribution in [-0.2, 0) is 24.0 Å². The monoisotopic (exact) mass is 601 g/mol. The number of fused-ring (bicyclic) bond motifs is 3. The molecule has 6 atom stereocenters. The van der Waals surface area contributed by atoms with Gasteiger partial charge in [-0.15, -0.1) is 0 Å². The molecule has 0 unspecified atom stereocenters. The van der Waals surface area contributed by atoms with Gasteiger partial charge >= 0.3 is 6.03 Å². The van der Waals surface area contributed by atoms with Crippen LogP contribution in [0.1, 0.15) is 105 Å². The SMILES string of the molecule is CC(C)(C)[C@H](NC(=O)N[C@H]1CCCCCCCCC[C@@H](C(=O)C(N)=O)NC(=O)[C@@H]2[C@@H]3[C@H](CN2C1=O)C3(C)C)C(=O)C1CC1. The van der Waals surface area contributed by atoms with Gasteiger partial charge in [0.15, 0.2) is 5.78 Å². The van der Waals surface area contributed by atoms with Crippen LogP contribution in [0.5, 0.6) is 0 Å². The Kier molecular flexibility index (Phi) is 9.91. The lowest BCUT2D eigenvalue weighted by molar-refractivity contribution is -0.143. The third-order valence-corrected chi connectivity index (χ3v) is 10.1. The second-order valence-electron chi connectivity index (χ2n) is 14.9. The summed E-state index contributed by atoms with van der Waals surface area (Å²) in [5.74, 6) is -2.74. The van der Waals surface area contributed by atoms with E-state index in [1.54, 1.807) is 4.90 Å². The molecule has 4 aliphatic rings. The maximum absolute atomic E-state index is 14.1. The molecule has 0 aromatic heterocycles. The molecule has 0 aromatic rings. The first-order chi connectivity index (χ1) is 20.1. The molecule has 0 bridgehead atoms. The molecule has 2 aliphatic carbocycles. The van der Waals surface area contributed by atoms with Crippen molar-refractivity contribution in [2.75, 3.05) is 6.54 Å². The summed E-state index contributed by atoms with van der Waals surface area (Å²) in [6, 6.07) is -3.98. The quantitative estimate of drug-likeness (QED) is 0.341. The molecule has 2 heterocycles. The van der Waals surface area contributed by atoms with Crippen molar-refractivity contribution in [3.05, 3.63) is 0 Å². The Morgan fingerprint density at radius 2 is 1.51 bits per heavy atom. The number of Topliss-reactive ketones (excluding diaryl/α,β-unsaturated/α-hetero) is 2.